The molecule has 0 aromatic heterocycles. The second-order valence-corrected chi connectivity index (χ2v) is 4.74. The summed E-state index contributed by atoms with van der Waals surface area (Å²) in [5.41, 5.74) is 3.97. The predicted octanol–water partition coefficient (Wildman–Crippen LogP) is 4.43. The molecule has 1 N–H and O–H groups in total. The first kappa shape index (κ1) is 12.7. The minimum Gasteiger partial charge on any atom is -0.385 e. The number of aryl methyl sites for hydroxylation is 2. The van der Waals surface area contributed by atoms with E-state index in [1.54, 1.807) is 0 Å². The lowest BCUT2D eigenvalue weighted by Gasteiger charge is -2.06. The third-order valence-corrected chi connectivity index (χ3v) is 3.12. The van der Waals surface area contributed by atoms with Crippen LogP contribution in [0.1, 0.15) is 24.0 Å². The minimum absolute atomic E-state index is 1.05. The van der Waals surface area contributed by atoms with Crippen molar-refractivity contribution in [2.75, 3.05) is 11.9 Å². The van der Waals surface area contributed by atoms with E-state index in [9.17, 15) is 0 Å². The number of hydrogen-bond acceptors (Lipinski definition) is 1. The topological polar surface area (TPSA) is 12.0 Å². The number of nitrogens with one attached hydrogen (secondary N) is 1. The smallest absolute Gasteiger partial charge is 0.0340 e. The highest BCUT2D eigenvalue weighted by atomic mass is 14.9. The number of unbranched alkanes of at least 4 members (excludes halogenated alkanes) is 1. The Morgan fingerprint density at radius 2 is 1.56 bits per heavy atom. The van der Waals surface area contributed by atoms with Crippen molar-refractivity contribution in [3.63, 3.8) is 0 Å². The van der Waals surface area contributed by atoms with Crippen molar-refractivity contribution < 1.29 is 0 Å². The number of anilines is 1. The molecule has 18 heavy (non-hydrogen) atoms. The van der Waals surface area contributed by atoms with E-state index in [4.69, 9.17) is 0 Å². The fourth-order valence-electron chi connectivity index (χ4n) is 2.00. The van der Waals surface area contributed by atoms with Gasteiger partial charge in [-0.25, -0.2) is 0 Å². The summed E-state index contributed by atoms with van der Waals surface area (Å²) in [7, 11) is 0. The van der Waals surface area contributed by atoms with Gasteiger partial charge < -0.3 is 5.32 Å². The lowest BCUT2D eigenvalue weighted by atomic mass is 10.1. The summed E-state index contributed by atoms with van der Waals surface area (Å²) in [5, 5.41) is 3.46. The summed E-state index contributed by atoms with van der Waals surface area (Å²) in [5.74, 6) is 0. The molecule has 94 valence electrons. The van der Waals surface area contributed by atoms with Gasteiger partial charge in [-0.3, -0.25) is 0 Å². The molecule has 0 amide bonds. The van der Waals surface area contributed by atoms with Crippen LogP contribution < -0.4 is 5.32 Å². The highest BCUT2D eigenvalue weighted by molar-refractivity contribution is 5.44. The molecular weight excluding hydrogens is 218 g/mol. The van der Waals surface area contributed by atoms with E-state index in [-0.39, 0.29) is 0 Å². The largest absolute Gasteiger partial charge is 0.385 e. The van der Waals surface area contributed by atoms with Crippen LogP contribution in [0.5, 0.6) is 0 Å². The molecule has 2 aromatic rings. The molecule has 0 heterocycles. The third-order valence-electron chi connectivity index (χ3n) is 3.12. The Morgan fingerprint density at radius 1 is 0.833 bits per heavy atom. The summed E-state index contributed by atoms with van der Waals surface area (Å²) in [6, 6.07) is 19.3. The SMILES string of the molecule is Cc1ccc(NCCCCc2ccccc2)cc1. The molecule has 0 saturated heterocycles. The molecule has 0 saturated carbocycles. The fourth-order valence-corrected chi connectivity index (χ4v) is 2.00. The average Bonchev–Trinajstić information content (AvgIpc) is 2.42. The molecule has 0 unspecified atom stereocenters. The zero-order valence-corrected chi connectivity index (χ0v) is 11.0. The van der Waals surface area contributed by atoms with Gasteiger partial charge in [0.2, 0.25) is 0 Å². The van der Waals surface area contributed by atoms with E-state index < -0.39 is 0 Å². The first-order chi connectivity index (χ1) is 8.84. The molecule has 2 aromatic carbocycles. The van der Waals surface area contributed by atoms with Gasteiger partial charge in [-0.15, -0.1) is 0 Å². The molecule has 1 nitrogen and oxygen atoms in total. The maximum absolute atomic E-state index is 3.46. The Kier molecular flexibility index (Phi) is 4.83. The zero-order chi connectivity index (χ0) is 12.6. The quantitative estimate of drug-likeness (QED) is 0.735. The Balaban J connectivity index is 1.63. The maximum atomic E-state index is 3.46. The molecular formula is C17H21N. The molecule has 1 heteroatoms. The van der Waals surface area contributed by atoms with Crippen LogP contribution in [0.3, 0.4) is 0 Å². The second-order valence-electron chi connectivity index (χ2n) is 4.74. The van der Waals surface area contributed by atoms with Crippen molar-refractivity contribution in [3.05, 3.63) is 65.7 Å². The summed E-state index contributed by atoms with van der Waals surface area (Å²) in [6.45, 7) is 3.17. The van der Waals surface area contributed by atoms with Gasteiger partial charge in [0.25, 0.3) is 0 Å². The van der Waals surface area contributed by atoms with E-state index in [0.717, 1.165) is 6.54 Å². The fraction of sp³-hybridized carbons (Fsp3) is 0.294. The van der Waals surface area contributed by atoms with Crippen LogP contribution in [0.15, 0.2) is 54.6 Å². The highest BCUT2D eigenvalue weighted by Crippen LogP contribution is 2.09. The Bertz CT molecular complexity index is 445. The van der Waals surface area contributed by atoms with Gasteiger partial charge in [-0.1, -0.05) is 48.0 Å². The highest BCUT2D eigenvalue weighted by Gasteiger charge is 1.93. The maximum Gasteiger partial charge on any atom is 0.0340 e. The number of rotatable bonds is 6. The van der Waals surface area contributed by atoms with E-state index >= 15 is 0 Å². The Morgan fingerprint density at radius 3 is 2.28 bits per heavy atom. The predicted molar refractivity (Wildman–Crippen MR) is 79.0 cm³/mol. The lowest BCUT2D eigenvalue weighted by molar-refractivity contribution is 0.763. The van der Waals surface area contributed by atoms with Crippen molar-refractivity contribution in [3.8, 4) is 0 Å². The van der Waals surface area contributed by atoms with Crippen molar-refractivity contribution >= 4 is 5.69 Å². The summed E-state index contributed by atoms with van der Waals surface area (Å²) in [6.07, 6.45) is 3.63. The van der Waals surface area contributed by atoms with Crippen molar-refractivity contribution in [1.82, 2.24) is 0 Å². The molecule has 0 spiro atoms. The first-order valence-corrected chi connectivity index (χ1v) is 6.69. The molecule has 0 radical (unpaired) electrons. The molecule has 2 rings (SSSR count). The van der Waals surface area contributed by atoms with Crippen molar-refractivity contribution in [2.45, 2.75) is 26.2 Å². The standard InChI is InChI=1S/C17H21N/c1-15-10-12-17(13-11-15)18-14-6-5-9-16-7-3-2-4-8-16/h2-4,7-8,10-13,18H,5-6,9,14H2,1H3. The van der Waals surface area contributed by atoms with Gasteiger partial charge in [0.1, 0.15) is 0 Å². The number of hydrogen-bond donors (Lipinski definition) is 1. The molecule has 0 fully saturated rings. The first-order valence-electron chi connectivity index (χ1n) is 6.69. The van der Waals surface area contributed by atoms with Crippen molar-refractivity contribution in [2.24, 2.45) is 0 Å². The molecule has 0 aliphatic carbocycles. The van der Waals surface area contributed by atoms with Gasteiger partial charge in [-0.05, 0) is 43.9 Å². The van der Waals surface area contributed by atoms with Crippen LogP contribution >= 0.6 is 0 Å². The van der Waals surface area contributed by atoms with Crippen LogP contribution in [0, 0.1) is 6.92 Å². The zero-order valence-electron chi connectivity index (χ0n) is 11.0. The molecule has 0 aliphatic rings. The monoisotopic (exact) mass is 239 g/mol. The van der Waals surface area contributed by atoms with Gasteiger partial charge >= 0.3 is 0 Å². The second kappa shape index (κ2) is 6.85. The Hall–Kier alpha value is -1.76. The van der Waals surface area contributed by atoms with Gasteiger partial charge in [0.05, 0.1) is 0 Å². The molecule has 0 bridgehead atoms. The average molecular weight is 239 g/mol. The minimum atomic E-state index is 1.05. The number of benzene rings is 2. The van der Waals surface area contributed by atoms with Crippen LogP contribution in [-0.2, 0) is 6.42 Å². The van der Waals surface area contributed by atoms with Gasteiger partial charge in [0, 0.05) is 12.2 Å². The Labute approximate surface area is 110 Å². The molecule has 0 aliphatic heterocycles. The van der Waals surface area contributed by atoms with Gasteiger partial charge in [-0.2, -0.15) is 0 Å². The van der Waals surface area contributed by atoms with Gasteiger partial charge in [0.15, 0.2) is 0 Å². The normalized spacial score (nSPS) is 10.3. The van der Waals surface area contributed by atoms with E-state index in [0.29, 0.717) is 0 Å². The van der Waals surface area contributed by atoms with E-state index in [1.165, 1.54) is 36.1 Å². The van der Waals surface area contributed by atoms with E-state index in [2.05, 4.69) is 66.8 Å². The van der Waals surface area contributed by atoms with Crippen molar-refractivity contribution in [1.29, 1.82) is 0 Å². The molecule has 0 atom stereocenters. The van der Waals surface area contributed by atoms with E-state index in [1.807, 2.05) is 0 Å². The summed E-state index contributed by atoms with van der Waals surface area (Å²) in [4.78, 5) is 0. The third kappa shape index (κ3) is 4.25. The van der Waals surface area contributed by atoms with Crippen LogP contribution in [0.4, 0.5) is 5.69 Å². The van der Waals surface area contributed by atoms with Crippen LogP contribution in [-0.4, -0.2) is 6.54 Å². The summed E-state index contributed by atoms with van der Waals surface area (Å²) >= 11 is 0. The van der Waals surface area contributed by atoms with Crippen LogP contribution in [0.25, 0.3) is 0 Å². The lowest BCUT2D eigenvalue weighted by Crippen LogP contribution is -2.01. The van der Waals surface area contributed by atoms with Crippen LogP contribution in [0.2, 0.25) is 0 Å². The summed E-state index contributed by atoms with van der Waals surface area (Å²) < 4.78 is 0.